The summed E-state index contributed by atoms with van der Waals surface area (Å²) in [5.41, 5.74) is 0.653. The normalized spacial score (nSPS) is 15.5. The molecule has 17 heavy (non-hydrogen) atoms. The van der Waals surface area contributed by atoms with Crippen molar-refractivity contribution < 1.29 is 14.3 Å². The van der Waals surface area contributed by atoms with Gasteiger partial charge in [0, 0.05) is 0 Å². The summed E-state index contributed by atoms with van der Waals surface area (Å²) < 4.78 is 10.2. The van der Waals surface area contributed by atoms with Gasteiger partial charge in [-0.2, -0.15) is 0 Å². The van der Waals surface area contributed by atoms with E-state index >= 15 is 0 Å². The van der Waals surface area contributed by atoms with Gasteiger partial charge >= 0.3 is 6.16 Å². The van der Waals surface area contributed by atoms with E-state index in [4.69, 9.17) is 9.47 Å². The van der Waals surface area contributed by atoms with Crippen molar-refractivity contribution in [2.45, 2.75) is 45.1 Å². The SMILES string of the molecule is CC(C)(C)OC(=O)Oc1c[c]cc(C2CC2)c1. The van der Waals surface area contributed by atoms with Crippen LogP contribution in [0.15, 0.2) is 18.2 Å². The predicted molar refractivity (Wildman–Crippen MR) is 64.1 cm³/mol. The second kappa shape index (κ2) is 4.40. The highest BCUT2D eigenvalue weighted by atomic mass is 16.7. The first kappa shape index (κ1) is 12.0. The molecule has 3 nitrogen and oxygen atoms in total. The average molecular weight is 233 g/mol. The van der Waals surface area contributed by atoms with Crippen molar-refractivity contribution in [3.8, 4) is 5.75 Å². The van der Waals surface area contributed by atoms with Crippen LogP contribution in [0.1, 0.15) is 45.1 Å². The van der Waals surface area contributed by atoms with Crippen molar-refractivity contribution >= 4 is 6.16 Å². The zero-order valence-corrected chi connectivity index (χ0v) is 10.4. The van der Waals surface area contributed by atoms with Crippen LogP contribution in [0.25, 0.3) is 0 Å². The molecule has 91 valence electrons. The number of ether oxygens (including phenoxy) is 2. The zero-order valence-electron chi connectivity index (χ0n) is 10.4. The minimum absolute atomic E-state index is 0.503. The van der Waals surface area contributed by atoms with E-state index in [1.165, 1.54) is 18.4 Å². The van der Waals surface area contributed by atoms with Gasteiger partial charge in [0.1, 0.15) is 11.4 Å². The molecule has 0 spiro atoms. The van der Waals surface area contributed by atoms with Crippen LogP contribution in [0.3, 0.4) is 0 Å². The molecule has 0 heterocycles. The second-order valence-corrected chi connectivity index (χ2v) is 5.34. The first-order valence-electron chi connectivity index (χ1n) is 5.86. The molecule has 1 saturated carbocycles. The van der Waals surface area contributed by atoms with Crippen LogP contribution in [0, 0.1) is 6.07 Å². The molecule has 1 aromatic rings. The van der Waals surface area contributed by atoms with Gasteiger partial charge in [0.05, 0.1) is 0 Å². The topological polar surface area (TPSA) is 35.5 Å². The first-order valence-corrected chi connectivity index (χ1v) is 5.86. The lowest BCUT2D eigenvalue weighted by atomic mass is 10.1. The minimum atomic E-state index is -0.668. The molecule has 0 amide bonds. The standard InChI is InChI=1S/C14H17O3/c1-14(2,3)17-13(15)16-12-6-4-5-11(9-12)10-7-8-10/h5-6,9-10H,7-8H2,1-3H3. The van der Waals surface area contributed by atoms with Crippen molar-refractivity contribution in [2.24, 2.45) is 0 Å². The van der Waals surface area contributed by atoms with Crippen LogP contribution >= 0.6 is 0 Å². The van der Waals surface area contributed by atoms with Gasteiger partial charge in [0.15, 0.2) is 0 Å². The molecule has 2 rings (SSSR count). The summed E-state index contributed by atoms with van der Waals surface area (Å²) in [6.07, 6.45) is 1.76. The highest BCUT2D eigenvalue weighted by molar-refractivity contribution is 5.64. The fourth-order valence-electron chi connectivity index (χ4n) is 1.55. The van der Waals surface area contributed by atoms with Gasteiger partial charge in [-0.25, -0.2) is 4.79 Å². The van der Waals surface area contributed by atoms with Gasteiger partial charge in [0.25, 0.3) is 0 Å². The molecule has 1 aromatic carbocycles. The summed E-state index contributed by atoms with van der Waals surface area (Å²) >= 11 is 0. The first-order chi connectivity index (χ1) is 7.94. The van der Waals surface area contributed by atoms with Gasteiger partial charge in [-0.05, 0) is 63.3 Å². The van der Waals surface area contributed by atoms with Crippen molar-refractivity contribution in [1.82, 2.24) is 0 Å². The van der Waals surface area contributed by atoms with E-state index < -0.39 is 11.8 Å². The van der Waals surface area contributed by atoms with Crippen molar-refractivity contribution in [3.63, 3.8) is 0 Å². The molecule has 0 unspecified atom stereocenters. The third kappa shape index (κ3) is 3.77. The molecule has 1 radical (unpaired) electrons. The molecule has 1 aliphatic carbocycles. The van der Waals surface area contributed by atoms with Gasteiger partial charge in [0.2, 0.25) is 0 Å². The lowest BCUT2D eigenvalue weighted by Crippen LogP contribution is -2.25. The number of rotatable bonds is 2. The fourth-order valence-corrected chi connectivity index (χ4v) is 1.55. The maximum absolute atomic E-state index is 11.5. The Bertz CT molecular complexity index is 414. The summed E-state index contributed by atoms with van der Waals surface area (Å²) in [6.45, 7) is 5.42. The summed E-state index contributed by atoms with van der Waals surface area (Å²) in [4.78, 5) is 11.5. The molecule has 3 heteroatoms. The maximum atomic E-state index is 11.5. The summed E-state index contributed by atoms with van der Waals surface area (Å²) in [7, 11) is 0. The Morgan fingerprint density at radius 2 is 2.06 bits per heavy atom. The van der Waals surface area contributed by atoms with E-state index in [1.807, 2.05) is 12.1 Å². The molecular formula is C14H17O3. The van der Waals surface area contributed by atoms with E-state index in [2.05, 4.69) is 6.07 Å². The van der Waals surface area contributed by atoms with Crippen molar-refractivity contribution in [2.75, 3.05) is 0 Å². The highest BCUT2D eigenvalue weighted by Crippen LogP contribution is 2.40. The Balaban J connectivity index is 1.98. The molecule has 0 aliphatic heterocycles. The average Bonchev–Trinajstić information content (AvgIpc) is 2.97. The number of carbonyl (C=O) groups excluding carboxylic acids is 1. The van der Waals surface area contributed by atoms with Crippen molar-refractivity contribution in [1.29, 1.82) is 0 Å². The lowest BCUT2D eigenvalue weighted by molar-refractivity contribution is 0.0206. The van der Waals surface area contributed by atoms with Crippen LogP contribution in [0.4, 0.5) is 4.79 Å². The van der Waals surface area contributed by atoms with Crippen LogP contribution in [-0.4, -0.2) is 11.8 Å². The number of benzene rings is 1. The Morgan fingerprint density at radius 3 is 2.65 bits per heavy atom. The van der Waals surface area contributed by atoms with Gasteiger partial charge in [-0.15, -0.1) is 0 Å². The lowest BCUT2D eigenvalue weighted by Gasteiger charge is -2.18. The fraction of sp³-hybridized carbons (Fsp3) is 0.500. The largest absolute Gasteiger partial charge is 0.514 e. The quantitative estimate of drug-likeness (QED) is 0.577. The number of hydrogen-bond donors (Lipinski definition) is 0. The summed E-state index contributed by atoms with van der Waals surface area (Å²) in [6, 6.07) is 8.47. The third-order valence-corrected chi connectivity index (χ3v) is 2.42. The van der Waals surface area contributed by atoms with Crippen LogP contribution in [0.5, 0.6) is 5.75 Å². The van der Waals surface area contributed by atoms with Crippen LogP contribution < -0.4 is 4.74 Å². The molecule has 0 aromatic heterocycles. The Hall–Kier alpha value is -1.51. The van der Waals surface area contributed by atoms with Gasteiger partial charge in [-0.1, -0.05) is 6.07 Å². The summed E-state index contributed by atoms with van der Waals surface area (Å²) in [5.74, 6) is 1.12. The summed E-state index contributed by atoms with van der Waals surface area (Å²) in [5, 5.41) is 0. The maximum Gasteiger partial charge on any atom is 0.514 e. The smallest absolute Gasteiger partial charge is 0.428 e. The molecule has 1 aliphatic rings. The Morgan fingerprint density at radius 1 is 1.35 bits per heavy atom. The van der Waals surface area contributed by atoms with Crippen molar-refractivity contribution in [3.05, 3.63) is 29.8 Å². The molecule has 1 fully saturated rings. The highest BCUT2D eigenvalue weighted by Gasteiger charge is 2.24. The zero-order chi connectivity index (χ0) is 12.5. The van der Waals surface area contributed by atoms with E-state index in [0.29, 0.717) is 11.7 Å². The monoisotopic (exact) mass is 233 g/mol. The second-order valence-electron chi connectivity index (χ2n) is 5.34. The Kier molecular flexibility index (Phi) is 3.09. The van der Waals surface area contributed by atoms with E-state index in [0.717, 1.165) is 0 Å². The van der Waals surface area contributed by atoms with Crippen LogP contribution in [0.2, 0.25) is 0 Å². The molecular weight excluding hydrogens is 216 g/mol. The molecule has 0 saturated heterocycles. The van der Waals surface area contributed by atoms with Crippen LogP contribution in [-0.2, 0) is 4.74 Å². The number of carbonyl (C=O) groups is 1. The van der Waals surface area contributed by atoms with E-state index in [9.17, 15) is 4.79 Å². The molecule has 0 bridgehead atoms. The van der Waals surface area contributed by atoms with E-state index in [-0.39, 0.29) is 0 Å². The minimum Gasteiger partial charge on any atom is -0.428 e. The number of hydrogen-bond acceptors (Lipinski definition) is 3. The third-order valence-electron chi connectivity index (χ3n) is 2.42. The Labute approximate surface area is 102 Å². The van der Waals surface area contributed by atoms with Gasteiger partial charge in [-0.3, -0.25) is 0 Å². The van der Waals surface area contributed by atoms with Gasteiger partial charge < -0.3 is 9.47 Å². The van der Waals surface area contributed by atoms with E-state index in [1.54, 1.807) is 26.8 Å². The predicted octanol–water partition coefficient (Wildman–Crippen LogP) is 3.68. The molecule has 0 atom stereocenters. The molecule has 0 N–H and O–H groups in total.